The fourth-order valence-electron chi connectivity index (χ4n) is 3.07. The third-order valence-corrected chi connectivity index (χ3v) is 5.01. The standard InChI is InChI=1S/C19H24FN5O/c1-4-19(26,5-2)10-9-14-22-16(21)15-18(23-14)25(3)17(24-15)12-7-6-8-13(20)11-12/h6-8,11,26H,4-5,9-10H2,1-3H3,(H2,21,22,23). The van der Waals surface area contributed by atoms with Crippen molar-refractivity contribution in [1.29, 1.82) is 0 Å². The fraction of sp³-hybridized carbons (Fsp3) is 0.421. The highest BCUT2D eigenvalue weighted by Gasteiger charge is 2.23. The summed E-state index contributed by atoms with van der Waals surface area (Å²) in [5.74, 6) is 1.12. The normalized spacial score (nSPS) is 12.0. The Morgan fingerprint density at radius 2 is 1.92 bits per heavy atom. The molecule has 7 heteroatoms. The topological polar surface area (TPSA) is 89.9 Å². The van der Waals surface area contributed by atoms with Gasteiger partial charge in [0.15, 0.2) is 17.0 Å². The molecule has 0 unspecified atom stereocenters. The van der Waals surface area contributed by atoms with Crippen LogP contribution >= 0.6 is 0 Å². The van der Waals surface area contributed by atoms with E-state index in [1.807, 2.05) is 20.9 Å². The number of aromatic nitrogens is 4. The number of benzene rings is 1. The average Bonchev–Trinajstić information content (AvgIpc) is 2.97. The molecule has 0 fully saturated rings. The van der Waals surface area contributed by atoms with E-state index >= 15 is 0 Å². The van der Waals surface area contributed by atoms with Gasteiger partial charge in [-0.1, -0.05) is 26.0 Å². The summed E-state index contributed by atoms with van der Waals surface area (Å²) >= 11 is 0. The largest absolute Gasteiger partial charge is 0.390 e. The first-order valence-corrected chi connectivity index (χ1v) is 8.84. The predicted octanol–water partition coefficient (Wildman–Crippen LogP) is 3.24. The Morgan fingerprint density at radius 3 is 2.58 bits per heavy atom. The Hall–Kier alpha value is -2.54. The van der Waals surface area contributed by atoms with Gasteiger partial charge in [-0.3, -0.25) is 0 Å². The summed E-state index contributed by atoms with van der Waals surface area (Å²) in [6.07, 6.45) is 2.45. The summed E-state index contributed by atoms with van der Waals surface area (Å²) < 4.78 is 15.3. The average molecular weight is 357 g/mol. The molecule has 3 aromatic rings. The molecule has 0 atom stereocenters. The summed E-state index contributed by atoms with van der Waals surface area (Å²) in [7, 11) is 1.82. The highest BCUT2D eigenvalue weighted by Crippen LogP contribution is 2.27. The second-order valence-corrected chi connectivity index (χ2v) is 6.63. The van der Waals surface area contributed by atoms with E-state index in [0.717, 1.165) is 0 Å². The van der Waals surface area contributed by atoms with Crippen molar-refractivity contribution < 1.29 is 9.50 Å². The lowest BCUT2D eigenvalue weighted by Gasteiger charge is -2.24. The number of fused-ring (bicyclic) bond motifs is 1. The molecule has 26 heavy (non-hydrogen) atoms. The first-order chi connectivity index (χ1) is 12.4. The maximum absolute atomic E-state index is 13.5. The number of nitrogens with zero attached hydrogens (tertiary/aromatic N) is 4. The lowest BCUT2D eigenvalue weighted by molar-refractivity contribution is 0.0235. The molecule has 138 valence electrons. The van der Waals surface area contributed by atoms with Gasteiger partial charge in [-0.25, -0.2) is 19.3 Å². The smallest absolute Gasteiger partial charge is 0.165 e. The highest BCUT2D eigenvalue weighted by molar-refractivity contribution is 5.85. The zero-order chi connectivity index (χ0) is 18.9. The summed E-state index contributed by atoms with van der Waals surface area (Å²) in [4.78, 5) is 13.4. The number of imidazole rings is 1. The van der Waals surface area contributed by atoms with Gasteiger partial charge >= 0.3 is 0 Å². The molecule has 0 radical (unpaired) electrons. The van der Waals surface area contributed by atoms with Crippen molar-refractivity contribution in [3.05, 3.63) is 35.9 Å². The zero-order valence-electron chi connectivity index (χ0n) is 15.3. The van der Waals surface area contributed by atoms with Gasteiger partial charge in [0.25, 0.3) is 0 Å². The zero-order valence-corrected chi connectivity index (χ0v) is 15.3. The minimum absolute atomic E-state index is 0.291. The Kier molecular flexibility index (Phi) is 4.91. The molecule has 0 spiro atoms. The molecule has 0 saturated carbocycles. The van der Waals surface area contributed by atoms with E-state index < -0.39 is 5.60 Å². The van der Waals surface area contributed by atoms with Crippen molar-refractivity contribution in [2.75, 3.05) is 5.73 Å². The first kappa shape index (κ1) is 18.3. The van der Waals surface area contributed by atoms with Gasteiger partial charge in [-0.05, 0) is 31.4 Å². The van der Waals surface area contributed by atoms with Crippen LogP contribution < -0.4 is 5.73 Å². The van der Waals surface area contributed by atoms with Crippen molar-refractivity contribution >= 4 is 17.0 Å². The van der Waals surface area contributed by atoms with E-state index in [9.17, 15) is 9.50 Å². The molecular formula is C19H24FN5O. The molecular weight excluding hydrogens is 333 g/mol. The van der Waals surface area contributed by atoms with Crippen LogP contribution in [-0.2, 0) is 13.5 Å². The van der Waals surface area contributed by atoms with Gasteiger partial charge in [-0.2, -0.15) is 0 Å². The number of anilines is 1. The predicted molar refractivity (Wildman–Crippen MR) is 100.0 cm³/mol. The fourth-order valence-corrected chi connectivity index (χ4v) is 3.07. The molecule has 3 N–H and O–H groups in total. The van der Waals surface area contributed by atoms with Gasteiger partial charge in [0.05, 0.1) is 5.60 Å². The molecule has 0 saturated heterocycles. The maximum atomic E-state index is 13.5. The van der Waals surface area contributed by atoms with Crippen molar-refractivity contribution in [1.82, 2.24) is 19.5 Å². The molecule has 2 aromatic heterocycles. The SMILES string of the molecule is CCC(O)(CC)CCc1nc(N)c2nc(-c3cccc(F)c3)n(C)c2n1. The number of nitrogen functional groups attached to an aromatic ring is 1. The maximum Gasteiger partial charge on any atom is 0.165 e. The van der Waals surface area contributed by atoms with E-state index in [-0.39, 0.29) is 5.82 Å². The van der Waals surface area contributed by atoms with Gasteiger partial charge in [0.2, 0.25) is 0 Å². The van der Waals surface area contributed by atoms with Crippen LogP contribution in [0.15, 0.2) is 24.3 Å². The summed E-state index contributed by atoms with van der Waals surface area (Å²) in [6.45, 7) is 3.93. The third kappa shape index (κ3) is 3.39. The molecule has 0 amide bonds. The monoisotopic (exact) mass is 357 g/mol. The molecule has 6 nitrogen and oxygen atoms in total. The van der Waals surface area contributed by atoms with Crippen LogP contribution in [0.25, 0.3) is 22.6 Å². The number of aryl methyl sites for hydroxylation is 2. The second kappa shape index (κ2) is 6.99. The van der Waals surface area contributed by atoms with E-state index in [0.29, 0.717) is 59.9 Å². The third-order valence-electron chi connectivity index (χ3n) is 5.01. The van der Waals surface area contributed by atoms with E-state index in [1.165, 1.54) is 12.1 Å². The minimum atomic E-state index is -0.716. The van der Waals surface area contributed by atoms with Crippen LogP contribution in [0, 0.1) is 5.82 Å². The van der Waals surface area contributed by atoms with Gasteiger partial charge in [0.1, 0.15) is 17.5 Å². The number of nitrogens with two attached hydrogens (primary N) is 1. The van der Waals surface area contributed by atoms with E-state index in [2.05, 4.69) is 15.0 Å². The van der Waals surface area contributed by atoms with Gasteiger partial charge < -0.3 is 15.4 Å². The van der Waals surface area contributed by atoms with Crippen LogP contribution in [0.2, 0.25) is 0 Å². The lowest BCUT2D eigenvalue weighted by Crippen LogP contribution is -2.27. The van der Waals surface area contributed by atoms with Gasteiger partial charge in [0, 0.05) is 19.0 Å². The van der Waals surface area contributed by atoms with Crippen molar-refractivity contribution in [3.63, 3.8) is 0 Å². The number of aliphatic hydroxyl groups is 1. The van der Waals surface area contributed by atoms with E-state index in [4.69, 9.17) is 5.73 Å². The Balaban J connectivity index is 1.99. The summed E-state index contributed by atoms with van der Waals surface area (Å²) in [6, 6.07) is 6.24. The Morgan fingerprint density at radius 1 is 1.19 bits per heavy atom. The second-order valence-electron chi connectivity index (χ2n) is 6.63. The summed E-state index contributed by atoms with van der Waals surface area (Å²) in [5, 5.41) is 10.5. The van der Waals surface area contributed by atoms with Crippen LogP contribution in [0.4, 0.5) is 10.2 Å². The Bertz CT molecular complexity index is 933. The van der Waals surface area contributed by atoms with E-state index in [1.54, 1.807) is 16.7 Å². The highest BCUT2D eigenvalue weighted by atomic mass is 19.1. The molecule has 2 heterocycles. The molecule has 0 aliphatic carbocycles. The molecule has 0 aliphatic heterocycles. The summed E-state index contributed by atoms with van der Waals surface area (Å²) in [5.41, 5.74) is 7.12. The molecule has 0 bridgehead atoms. The number of hydrogen-bond acceptors (Lipinski definition) is 5. The van der Waals surface area contributed by atoms with Crippen molar-refractivity contribution in [2.45, 2.75) is 45.1 Å². The number of halogens is 1. The number of hydrogen-bond donors (Lipinski definition) is 2. The Labute approximate surface area is 151 Å². The van der Waals surface area contributed by atoms with Crippen LogP contribution in [0.1, 0.15) is 38.9 Å². The quantitative estimate of drug-likeness (QED) is 0.707. The van der Waals surface area contributed by atoms with Crippen LogP contribution in [0.3, 0.4) is 0 Å². The van der Waals surface area contributed by atoms with Crippen LogP contribution in [0.5, 0.6) is 0 Å². The lowest BCUT2D eigenvalue weighted by atomic mass is 9.92. The first-order valence-electron chi connectivity index (χ1n) is 8.84. The minimum Gasteiger partial charge on any atom is -0.390 e. The van der Waals surface area contributed by atoms with Crippen LogP contribution in [-0.4, -0.2) is 30.2 Å². The molecule has 0 aliphatic rings. The molecule has 1 aromatic carbocycles. The number of rotatable bonds is 6. The van der Waals surface area contributed by atoms with Gasteiger partial charge in [-0.15, -0.1) is 0 Å². The van der Waals surface area contributed by atoms with Crippen molar-refractivity contribution in [2.24, 2.45) is 7.05 Å². The van der Waals surface area contributed by atoms with Crippen molar-refractivity contribution in [3.8, 4) is 11.4 Å². The molecule has 3 rings (SSSR count).